The van der Waals surface area contributed by atoms with Crippen molar-refractivity contribution >= 4 is 44.6 Å². The number of aryl methyl sites for hydroxylation is 1. The summed E-state index contributed by atoms with van der Waals surface area (Å²) in [6.07, 6.45) is 3.31. The zero-order valence-corrected chi connectivity index (χ0v) is 19.0. The zero-order chi connectivity index (χ0) is 22.2. The molecular weight excluding hydrogens is 463 g/mol. The third-order valence-corrected chi connectivity index (χ3v) is 7.59. The van der Waals surface area contributed by atoms with Crippen LogP contribution in [0, 0.1) is 12.7 Å². The minimum absolute atomic E-state index is 0.00495. The number of amides is 1. The van der Waals surface area contributed by atoms with Crippen molar-refractivity contribution in [2.45, 2.75) is 31.2 Å². The van der Waals surface area contributed by atoms with E-state index in [1.54, 1.807) is 9.47 Å². The molecule has 0 aliphatic carbocycles. The summed E-state index contributed by atoms with van der Waals surface area (Å²) >= 11 is 7.12. The van der Waals surface area contributed by atoms with E-state index in [0.717, 1.165) is 18.5 Å². The highest BCUT2D eigenvalue weighted by Gasteiger charge is 2.25. The first-order valence-corrected chi connectivity index (χ1v) is 12.4. The molecule has 0 atom stereocenters. The van der Waals surface area contributed by atoms with Crippen LogP contribution >= 0.6 is 22.9 Å². The Balaban J connectivity index is 1.69. The fraction of sp³-hybridized carbons (Fsp3) is 0.300. The minimum Gasteiger partial charge on any atom is -0.341 e. The summed E-state index contributed by atoms with van der Waals surface area (Å²) in [5.74, 6) is -0.937. The first-order valence-electron chi connectivity index (χ1n) is 9.62. The fourth-order valence-corrected chi connectivity index (χ4v) is 5.51. The third-order valence-electron chi connectivity index (χ3n) is 4.98. The molecule has 11 heteroatoms. The standard InChI is InChI=1S/C20H20ClFN4O3S2/c1-13-12-30-20(23-13)17-9-14(10-26(17)11-18(27)25-7-2-3-8-25)31(28,29)24-16-6-4-5-15(21)19(16)22/h4-6,9-10,12,24H,2-3,7-8,11H2,1H3. The molecular formula is C20H20ClFN4O3S2. The molecule has 0 bridgehead atoms. The molecule has 2 aromatic heterocycles. The van der Waals surface area contributed by atoms with E-state index in [2.05, 4.69) is 9.71 Å². The third kappa shape index (κ3) is 4.60. The van der Waals surface area contributed by atoms with Crippen LogP contribution in [0.25, 0.3) is 10.7 Å². The number of halogens is 2. The van der Waals surface area contributed by atoms with Gasteiger partial charge in [0.05, 0.1) is 16.4 Å². The van der Waals surface area contributed by atoms with Gasteiger partial charge in [-0.25, -0.2) is 17.8 Å². The lowest BCUT2D eigenvalue weighted by molar-refractivity contribution is -0.130. The summed E-state index contributed by atoms with van der Waals surface area (Å²) in [5.41, 5.74) is 1.06. The van der Waals surface area contributed by atoms with Gasteiger partial charge in [0.25, 0.3) is 10.0 Å². The minimum atomic E-state index is -4.13. The molecule has 1 aliphatic heterocycles. The largest absolute Gasteiger partial charge is 0.341 e. The Hall–Kier alpha value is -2.43. The zero-order valence-electron chi connectivity index (χ0n) is 16.6. The van der Waals surface area contributed by atoms with Crippen molar-refractivity contribution in [3.8, 4) is 10.7 Å². The van der Waals surface area contributed by atoms with Gasteiger partial charge in [-0.05, 0) is 38.0 Å². The van der Waals surface area contributed by atoms with Gasteiger partial charge in [0.2, 0.25) is 5.91 Å². The van der Waals surface area contributed by atoms with Gasteiger partial charge < -0.3 is 9.47 Å². The van der Waals surface area contributed by atoms with Gasteiger partial charge in [0, 0.05) is 30.4 Å². The number of carbonyl (C=O) groups excluding carboxylic acids is 1. The number of thiazole rings is 1. The molecule has 4 rings (SSSR count). The number of hydrogen-bond donors (Lipinski definition) is 1. The second-order valence-electron chi connectivity index (χ2n) is 7.28. The molecule has 1 aromatic carbocycles. The molecule has 0 unspecified atom stereocenters. The lowest BCUT2D eigenvalue weighted by atomic mass is 10.3. The molecule has 31 heavy (non-hydrogen) atoms. The number of aromatic nitrogens is 2. The van der Waals surface area contributed by atoms with Gasteiger partial charge in [0.15, 0.2) is 5.82 Å². The van der Waals surface area contributed by atoms with Crippen molar-refractivity contribution in [2.24, 2.45) is 0 Å². The van der Waals surface area contributed by atoms with Crippen LogP contribution < -0.4 is 4.72 Å². The van der Waals surface area contributed by atoms with E-state index in [1.165, 1.54) is 41.8 Å². The monoisotopic (exact) mass is 482 g/mol. The van der Waals surface area contributed by atoms with Gasteiger partial charge in [-0.2, -0.15) is 0 Å². The molecule has 1 N–H and O–H groups in total. The molecule has 1 aliphatic rings. The van der Waals surface area contributed by atoms with Crippen molar-refractivity contribution in [1.82, 2.24) is 14.5 Å². The van der Waals surface area contributed by atoms with Crippen molar-refractivity contribution in [3.05, 3.63) is 52.4 Å². The summed E-state index contributed by atoms with van der Waals surface area (Å²) in [4.78, 5) is 18.8. The highest BCUT2D eigenvalue weighted by Crippen LogP contribution is 2.30. The summed E-state index contributed by atoms with van der Waals surface area (Å²) in [6, 6.07) is 5.52. The van der Waals surface area contributed by atoms with E-state index in [0.29, 0.717) is 23.8 Å². The Morgan fingerprint density at radius 2 is 2.06 bits per heavy atom. The number of carbonyl (C=O) groups is 1. The Morgan fingerprint density at radius 1 is 1.32 bits per heavy atom. The summed E-state index contributed by atoms with van der Waals surface area (Å²) in [5, 5.41) is 2.26. The van der Waals surface area contributed by atoms with Gasteiger partial charge in [0.1, 0.15) is 16.4 Å². The second kappa shape index (κ2) is 8.60. The van der Waals surface area contributed by atoms with Crippen LogP contribution in [-0.4, -0.2) is 41.9 Å². The average molecular weight is 483 g/mol. The maximum atomic E-state index is 14.2. The molecule has 164 valence electrons. The fourth-order valence-electron chi connectivity index (χ4n) is 3.41. The maximum absolute atomic E-state index is 14.2. The molecule has 1 saturated heterocycles. The smallest absolute Gasteiger partial charge is 0.263 e. The van der Waals surface area contributed by atoms with Crippen LogP contribution in [-0.2, 0) is 21.4 Å². The Kier molecular flexibility index (Phi) is 6.05. The molecule has 0 spiro atoms. The summed E-state index contributed by atoms with van der Waals surface area (Å²) < 4.78 is 44.0. The number of nitrogens with zero attached hydrogens (tertiary/aromatic N) is 3. The molecule has 1 fully saturated rings. The van der Waals surface area contributed by atoms with Crippen LogP contribution in [0.2, 0.25) is 5.02 Å². The average Bonchev–Trinajstić information content (AvgIpc) is 3.46. The Morgan fingerprint density at radius 3 is 2.74 bits per heavy atom. The van der Waals surface area contributed by atoms with E-state index in [1.807, 2.05) is 12.3 Å². The second-order valence-corrected chi connectivity index (χ2v) is 10.2. The number of nitrogens with one attached hydrogen (secondary N) is 1. The Bertz CT molecular complexity index is 1230. The summed E-state index contributed by atoms with van der Waals surface area (Å²) in [6.45, 7) is 3.23. The van der Waals surface area contributed by atoms with Crippen LogP contribution in [0.1, 0.15) is 18.5 Å². The lowest BCUT2D eigenvalue weighted by Crippen LogP contribution is -2.31. The molecule has 3 aromatic rings. The molecule has 0 radical (unpaired) electrons. The van der Waals surface area contributed by atoms with E-state index < -0.39 is 15.8 Å². The number of sulfonamides is 1. The molecule has 3 heterocycles. The normalized spacial score (nSPS) is 14.2. The van der Waals surface area contributed by atoms with Crippen molar-refractivity contribution in [2.75, 3.05) is 17.8 Å². The lowest BCUT2D eigenvalue weighted by Gasteiger charge is -2.16. The first-order chi connectivity index (χ1) is 14.7. The van der Waals surface area contributed by atoms with E-state index in [-0.39, 0.29) is 28.1 Å². The van der Waals surface area contributed by atoms with Crippen LogP contribution in [0.5, 0.6) is 0 Å². The van der Waals surface area contributed by atoms with Gasteiger partial charge in [-0.3, -0.25) is 9.52 Å². The number of hydrogen-bond acceptors (Lipinski definition) is 5. The van der Waals surface area contributed by atoms with Crippen LogP contribution in [0.15, 0.2) is 40.7 Å². The van der Waals surface area contributed by atoms with Gasteiger partial charge >= 0.3 is 0 Å². The highest BCUT2D eigenvalue weighted by molar-refractivity contribution is 7.92. The predicted octanol–water partition coefficient (Wildman–Crippen LogP) is 4.14. The summed E-state index contributed by atoms with van der Waals surface area (Å²) in [7, 11) is -4.13. The molecule has 0 saturated carbocycles. The van der Waals surface area contributed by atoms with Gasteiger partial charge in [-0.1, -0.05) is 17.7 Å². The molecule has 1 amide bonds. The van der Waals surface area contributed by atoms with Crippen LogP contribution in [0.3, 0.4) is 0 Å². The topological polar surface area (TPSA) is 84.3 Å². The number of anilines is 1. The van der Waals surface area contributed by atoms with E-state index >= 15 is 0 Å². The maximum Gasteiger partial charge on any atom is 0.263 e. The predicted molar refractivity (Wildman–Crippen MR) is 118 cm³/mol. The van der Waals surface area contributed by atoms with Crippen LogP contribution in [0.4, 0.5) is 10.1 Å². The SMILES string of the molecule is Cc1csc(-c2cc(S(=O)(=O)Nc3cccc(Cl)c3F)cn2CC(=O)N2CCCC2)n1. The quantitative estimate of drug-likeness (QED) is 0.572. The number of rotatable bonds is 6. The van der Waals surface area contributed by atoms with Crippen molar-refractivity contribution < 1.29 is 17.6 Å². The van der Waals surface area contributed by atoms with Crippen molar-refractivity contribution in [3.63, 3.8) is 0 Å². The van der Waals surface area contributed by atoms with Gasteiger partial charge in [-0.15, -0.1) is 11.3 Å². The van der Waals surface area contributed by atoms with Crippen molar-refractivity contribution in [1.29, 1.82) is 0 Å². The molecule has 7 nitrogen and oxygen atoms in total. The Labute approximate surface area is 188 Å². The highest BCUT2D eigenvalue weighted by atomic mass is 35.5. The number of benzene rings is 1. The van der Waals surface area contributed by atoms with E-state index in [9.17, 15) is 17.6 Å². The number of likely N-dealkylation sites (tertiary alicyclic amines) is 1. The first kappa shape index (κ1) is 21.8. The van der Waals surface area contributed by atoms with E-state index in [4.69, 9.17) is 11.6 Å².